The summed E-state index contributed by atoms with van der Waals surface area (Å²) in [5.41, 5.74) is 0. The van der Waals surface area contributed by atoms with Crippen molar-refractivity contribution in [3.8, 4) is 0 Å². The van der Waals surface area contributed by atoms with Gasteiger partial charge in [-0.1, -0.05) is 31.4 Å². The molecule has 5 rings (SSSR count). The molecule has 0 radical (unpaired) electrons. The fourth-order valence-corrected chi connectivity index (χ4v) is 6.58. The molecule has 2 aromatic rings. The van der Waals surface area contributed by atoms with Crippen molar-refractivity contribution in [3.63, 3.8) is 0 Å². The van der Waals surface area contributed by atoms with Crippen LogP contribution in [0.3, 0.4) is 0 Å². The second-order valence-electron chi connectivity index (χ2n) is 10.1. The highest BCUT2D eigenvalue weighted by molar-refractivity contribution is 7.13. The van der Waals surface area contributed by atoms with Gasteiger partial charge in [0, 0.05) is 37.6 Å². The van der Waals surface area contributed by atoms with E-state index in [4.69, 9.17) is 9.11 Å². The summed E-state index contributed by atoms with van der Waals surface area (Å²) in [6, 6.07) is 8.89. The van der Waals surface area contributed by atoms with Crippen LogP contribution in [0.25, 0.3) is 10.1 Å². The lowest BCUT2D eigenvalue weighted by Crippen LogP contribution is -2.47. The first-order valence-corrected chi connectivity index (χ1v) is 13.8. The number of hydrogen-bond donors (Lipinski definition) is 1. The van der Waals surface area contributed by atoms with Crippen molar-refractivity contribution >= 4 is 33.5 Å². The molecule has 0 bridgehead atoms. The number of piperazine rings is 1. The Morgan fingerprint density at radius 1 is 1.00 bits per heavy atom. The molecule has 3 fully saturated rings. The summed E-state index contributed by atoms with van der Waals surface area (Å²) in [5, 5.41) is 4.39. The highest BCUT2D eigenvalue weighted by Gasteiger charge is 2.26. The third-order valence-corrected chi connectivity index (χ3v) is 8.70. The smallest absolute Gasteiger partial charge is 0.407 e. The van der Waals surface area contributed by atoms with Gasteiger partial charge in [-0.25, -0.2) is 4.79 Å². The van der Waals surface area contributed by atoms with Crippen molar-refractivity contribution in [3.05, 3.63) is 24.3 Å². The van der Waals surface area contributed by atoms with E-state index in [2.05, 4.69) is 39.4 Å². The molecule has 0 atom stereocenters. The number of carbonyl (C=O) groups excluding carboxylic acids is 1. The number of alkyl carbamates (subject to hydrolysis) is 1. The minimum atomic E-state index is -0.184. The Labute approximate surface area is 201 Å². The molecule has 1 aromatic carbocycles. The average molecular weight is 471 g/mol. The van der Waals surface area contributed by atoms with Gasteiger partial charge in [0.25, 0.3) is 0 Å². The Morgan fingerprint density at radius 2 is 1.76 bits per heavy atom. The van der Waals surface area contributed by atoms with Gasteiger partial charge < -0.3 is 15.0 Å². The maximum absolute atomic E-state index is 12.2. The predicted octanol–water partition coefficient (Wildman–Crippen LogP) is 5.43. The molecule has 6 nitrogen and oxygen atoms in total. The van der Waals surface area contributed by atoms with Crippen LogP contribution in [0, 0.1) is 5.92 Å². The van der Waals surface area contributed by atoms with E-state index in [1.54, 1.807) is 11.5 Å². The summed E-state index contributed by atoms with van der Waals surface area (Å²) in [4.78, 5) is 17.3. The van der Waals surface area contributed by atoms with Crippen molar-refractivity contribution in [1.29, 1.82) is 0 Å². The third-order valence-electron chi connectivity index (χ3n) is 7.88. The highest BCUT2D eigenvalue weighted by Crippen LogP contribution is 2.31. The average Bonchev–Trinajstić information content (AvgIpc) is 3.29. The maximum atomic E-state index is 12.2. The van der Waals surface area contributed by atoms with Gasteiger partial charge in [-0.2, -0.15) is 4.37 Å². The third kappa shape index (κ3) is 5.99. The van der Waals surface area contributed by atoms with Gasteiger partial charge >= 0.3 is 6.09 Å². The van der Waals surface area contributed by atoms with E-state index in [9.17, 15) is 4.79 Å². The largest absolute Gasteiger partial charge is 0.446 e. The molecule has 33 heavy (non-hydrogen) atoms. The van der Waals surface area contributed by atoms with Crippen LogP contribution in [0.1, 0.15) is 64.2 Å². The van der Waals surface area contributed by atoms with Crippen molar-refractivity contribution in [2.75, 3.05) is 37.6 Å². The summed E-state index contributed by atoms with van der Waals surface area (Å²) >= 11 is 1.61. The summed E-state index contributed by atoms with van der Waals surface area (Å²) in [6.45, 7) is 5.54. The fraction of sp³-hybridized carbons (Fsp3) is 0.692. The van der Waals surface area contributed by atoms with Gasteiger partial charge in [0.05, 0.1) is 4.70 Å². The number of hydrogen-bond acceptors (Lipinski definition) is 6. The van der Waals surface area contributed by atoms with E-state index < -0.39 is 0 Å². The van der Waals surface area contributed by atoms with Crippen LogP contribution in [0.4, 0.5) is 10.6 Å². The molecule has 2 heterocycles. The van der Waals surface area contributed by atoms with E-state index in [1.807, 2.05) is 0 Å². The van der Waals surface area contributed by atoms with Gasteiger partial charge in [0.2, 0.25) is 0 Å². The monoisotopic (exact) mass is 470 g/mol. The second-order valence-corrected chi connectivity index (χ2v) is 11.0. The van der Waals surface area contributed by atoms with E-state index in [0.717, 1.165) is 57.8 Å². The van der Waals surface area contributed by atoms with Crippen LogP contribution < -0.4 is 10.2 Å². The summed E-state index contributed by atoms with van der Waals surface area (Å²) in [7, 11) is 0. The van der Waals surface area contributed by atoms with Crippen molar-refractivity contribution in [2.24, 2.45) is 5.92 Å². The first kappa shape index (κ1) is 22.9. The SMILES string of the molecule is O=C(NC1CCCCC1)O[C@H]1CC[C@H](CCN2CCN(c3nsc4ccccc34)CC2)CC1. The number of amides is 1. The number of nitrogens with one attached hydrogen (secondary N) is 1. The van der Waals surface area contributed by atoms with E-state index in [-0.39, 0.29) is 12.2 Å². The number of ether oxygens (including phenoxy) is 1. The van der Waals surface area contributed by atoms with Crippen molar-refractivity contribution < 1.29 is 9.53 Å². The first-order chi connectivity index (χ1) is 16.2. The zero-order valence-electron chi connectivity index (χ0n) is 19.7. The lowest BCUT2D eigenvalue weighted by molar-refractivity contribution is 0.0584. The molecule has 0 spiro atoms. The van der Waals surface area contributed by atoms with Crippen molar-refractivity contribution in [1.82, 2.24) is 14.6 Å². The molecular formula is C26H38N4O2S. The highest BCUT2D eigenvalue weighted by atomic mass is 32.1. The quantitative estimate of drug-likeness (QED) is 0.610. The van der Waals surface area contributed by atoms with Crippen LogP contribution in [0.5, 0.6) is 0 Å². The first-order valence-electron chi connectivity index (χ1n) is 13.0. The summed E-state index contributed by atoms with van der Waals surface area (Å²) in [6.07, 6.45) is 11.6. The maximum Gasteiger partial charge on any atom is 0.407 e. The van der Waals surface area contributed by atoms with Crippen LogP contribution in [-0.4, -0.2) is 60.2 Å². The Bertz CT molecular complexity index is 897. The molecule has 3 aliphatic rings. The second kappa shape index (κ2) is 11.0. The van der Waals surface area contributed by atoms with Crippen molar-refractivity contribution in [2.45, 2.75) is 76.4 Å². The summed E-state index contributed by atoms with van der Waals surface area (Å²) < 4.78 is 11.8. The number of fused-ring (bicyclic) bond motifs is 1. The Morgan fingerprint density at radius 3 is 2.55 bits per heavy atom. The molecular weight excluding hydrogens is 432 g/mol. The molecule has 2 saturated carbocycles. The molecule has 1 amide bonds. The van der Waals surface area contributed by atoms with Gasteiger partial charge in [-0.3, -0.25) is 4.90 Å². The normalized spacial score (nSPS) is 25.3. The molecule has 180 valence electrons. The number of nitrogens with zero attached hydrogens (tertiary/aromatic N) is 3. The fourth-order valence-electron chi connectivity index (χ4n) is 5.79. The van der Waals surface area contributed by atoms with E-state index in [0.29, 0.717) is 6.04 Å². The lowest BCUT2D eigenvalue weighted by atomic mass is 9.85. The zero-order chi connectivity index (χ0) is 22.5. The molecule has 7 heteroatoms. The Kier molecular flexibility index (Phi) is 7.67. The number of carbonyl (C=O) groups is 1. The van der Waals surface area contributed by atoms with Crippen LogP contribution in [0.2, 0.25) is 0 Å². The zero-order valence-corrected chi connectivity index (χ0v) is 20.5. The molecule has 1 N–H and O–H groups in total. The van der Waals surface area contributed by atoms with Gasteiger partial charge in [-0.15, -0.1) is 0 Å². The van der Waals surface area contributed by atoms with Gasteiger partial charge in [0.15, 0.2) is 0 Å². The van der Waals surface area contributed by atoms with E-state index >= 15 is 0 Å². The van der Waals surface area contributed by atoms with Gasteiger partial charge in [-0.05, 0) is 81.1 Å². The molecule has 1 saturated heterocycles. The number of anilines is 1. The topological polar surface area (TPSA) is 57.7 Å². The van der Waals surface area contributed by atoms with Crippen LogP contribution in [0.15, 0.2) is 24.3 Å². The number of benzene rings is 1. The standard InChI is InChI=1S/C26H38N4O2S/c31-26(27-21-6-2-1-3-7-21)32-22-12-10-20(11-13-22)14-15-29-16-18-30(19-17-29)25-23-8-4-5-9-24(23)33-28-25/h4-5,8-9,20-22H,1-3,6-7,10-19H2,(H,27,31)/t20-,22-. The predicted molar refractivity (Wildman–Crippen MR) is 135 cm³/mol. The lowest BCUT2D eigenvalue weighted by Gasteiger charge is -2.36. The van der Waals surface area contributed by atoms with Crippen LogP contribution in [-0.2, 0) is 4.74 Å². The number of rotatable bonds is 6. The summed E-state index contributed by atoms with van der Waals surface area (Å²) in [5.74, 6) is 1.94. The Hall–Kier alpha value is -1.86. The molecule has 0 unspecified atom stereocenters. The molecule has 1 aliphatic heterocycles. The Balaban J connectivity index is 0.985. The van der Waals surface area contributed by atoms with Gasteiger partial charge in [0.1, 0.15) is 11.9 Å². The number of aromatic nitrogens is 1. The molecule has 2 aliphatic carbocycles. The molecule has 1 aromatic heterocycles. The minimum Gasteiger partial charge on any atom is -0.446 e. The van der Waals surface area contributed by atoms with E-state index in [1.165, 1.54) is 61.0 Å². The minimum absolute atomic E-state index is 0.112. The van der Waals surface area contributed by atoms with Crippen LogP contribution >= 0.6 is 11.5 Å².